The molecule has 1 atom stereocenters. The first-order chi connectivity index (χ1) is 13.1. The van der Waals surface area contributed by atoms with Crippen LogP contribution in [-0.2, 0) is 13.5 Å². The van der Waals surface area contributed by atoms with Gasteiger partial charge in [0.25, 0.3) is 5.91 Å². The Hall–Kier alpha value is -2.96. The molecule has 27 heavy (non-hydrogen) atoms. The van der Waals surface area contributed by atoms with Crippen LogP contribution in [0.5, 0.6) is 0 Å². The molecular formula is C20H21FN4O2. The zero-order valence-electron chi connectivity index (χ0n) is 15.1. The number of rotatable bonds is 4. The maximum absolute atomic E-state index is 13.4. The topological polar surface area (TPSA) is 64.2 Å². The van der Waals surface area contributed by atoms with Gasteiger partial charge in [0.15, 0.2) is 0 Å². The second-order valence-electron chi connectivity index (χ2n) is 6.82. The summed E-state index contributed by atoms with van der Waals surface area (Å²) in [4.78, 5) is 19.2. The zero-order valence-corrected chi connectivity index (χ0v) is 15.1. The number of piperidine rings is 1. The van der Waals surface area contributed by atoms with Crippen molar-refractivity contribution in [2.24, 2.45) is 7.05 Å². The molecule has 0 bridgehead atoms. The van der Waals surface area contributed by atoms with Crippen LogP contribution in [0.25, 0.3) is 0 Å². The maximum Gasteiger partial charge on any atom is 0.272 e. The number of aryl methyl sites for hydroxylation is 1. The van der Waals surface area contributed by atoms with Crippen LogP contribution in [-0.4, -0.2) is 32.1 Å². The second kappa shape index (κ2) is 7.34. The van der Waals surface area contributed by atoms with Crippen LogP contribution >= 0.6 is 0 Å². The molecule has 6 nitrogen and oxygen atoms in total. The van der Waals surface area contributed by atoms with E-state index in [1.54, 1.807) is 36.3 Å². The Bertz CT molecular complexity index is 949. The van der Waals surface area contributed by atoms with Gasteiger partial charge in [-0.2, -0.15) is 5.10 Å². The number of halogens is 1. The van der Waals surface area contributed by atoms with E-state index < -0.39 is 0 Å². The van der Waals surface area contributed by atoms with Crippen LogP contribution in [0.3, 0.4) is 0 Å². The number of carbonyl (C=O) groups is 1. The number of carbonyl (C=O) groups excluding carboxylic acids is 1. The first-order valence-corrected chi connectivity index (χ1v) is 9.10. The molecule has 0 radical (unpaired) electrons. The van der Waals surface area contributed by atoms with E-state index in [1.807, 2.05) is 11.0 Å². The third-order valence-corrected chi connectivity index (χ3v) is 4.93. The third-order valence-electron chi connectivity index (χ3n) is 4.93. The van der Waals surface area contributed by atoms with E-state index in [9.17, 15) is 9.18 Å². The predicted molar refractivity (Wildman–Crippen MR) is 96.5 cm³/mol. The zero-order chi connectivity index (χ0) is 18.8. The lowest BCUT2D eigenvalue weighted by atomic mass is 10.0. The van der Waals surface area contributed by atoms with Gasteiger partial charge in [0, 0.05) is 26.2 Å². The first-order valence-electron chi connectivity index (χ1n) is 9.10. The summed E-state index contributed by atoms with van der Waals surface area (Å²) in [5, 5.41) is 4.09. The lowest BCUT2D eigenvalue weighted by Gasteiger charge is -2.33. The number of aromatic nitrogens is 3. The van der Waals surface area contributed by atoms with Gasteiger partial charge in [0.2, 0.25) is 5.89 Å². The summed E-state index contributed by atoms with van der Waals surface area (Å²) >= 11 is 0. The van der Waals surface area contributed by atoms with E-state index in [0.717, 1.165) is 24.8 Å². The first kappa shape index (κ1) is 17.5. The number of benzene rings is 1. The molecular weight excluding hydrogens is 347 g/mol. The van der Waals surface area contributed by atoms with Crippen LogP contribution < -0.4 is 0 Å². The van der Waals surface area contributed by atoms with Gasteiger partial charge in [-0.1, -0.05) is 12.1 Å². The quantitative estimate of drug-likeness (QED) is 0.707. The molecule has 2 aromatic heterocycles. The van der Waals surface area contributed by atoms with Crippen LogP contribution in [0.4, 0.5) is 4.39 Å². The summed E-state index contributed by atoms with van der Waals surface area (Å²) in [5.74, 6) is 0.864. The number of hydrogen-bond donors (Lipinski definition) is 0. The minimum absolute atomic E-state index is 0.0652. The monoisotopic (exact) mass is 368 g/mol. The van der Waals surface area contributed by atoms with Crippen LogP contribution in [0.1, 0.15) is 53.0 Å². The van der Waals surface area contributed by atoms with Crippen molar-refractivity contribution in [2.75, 3.05) is 6.54 Å². The highest BCUT2D eigenvalue weighted by molar-refractivity contribution is 5.92. The Morgan fingerprint density at radius 3 is 3.00 bits per heavy atom. The Morgan fingerprint density at radius 1 is 1.33 bits per heavy atom. The fourth-order valence-electron chi connectivity index (χ4n) is 3.57. The lowest BCUT2D eigenvalue weighted by molar-refractivity contribution is 0.0558. The number of hydrogen-bond acceptors (Lipinski definition) is 4. The predicted octanol–water partition coefficient (Wildman–Crippen LogP) is 3.51. The van der Waals surface area contributed by atoms with Gasteiger partial charge in [-0.15, -0.1) is 0 Å². The summed E-state index contributed by atoms with van der Waals surface area (Å²) in [6.07, 6.45) is 6.53. The Labute approximate surface area is 156 Å². The smallest absolute Gasteiger partial charge is 0.272 e. The molecule has 1 aliphatic heterocycles. The summed E-state index contributed by atoms with van der Waals surface area (Å²) in [6, 6.07) is 7.96. The number of likely N-dealkylation sites (tertiary alicyclic amines) is 1. The molecule has 1 unspecified atom stereocenters. The standard InChI is InChI=1S/C20H21FN4O2/c1-24-18(8-9-23-24)20(26)25-10-3-2-7-17(25)19-22-13-16(27-19)12-14-5-4-6-15(21)11-14/h4-6,8-9,11,13,17H,2-3,7,10,12H2,1H3. The van der Waals surface area contributed by atoms with Crippen molar-refractivity contribution >= 4 is 5.91 Å². The Balaban J connectivity index is 1.55. The molecule has 0 spiro atoms. The highest BCUT2D eigenvalue weighted by atomic mass is 19.1. The van der Waals surface area contributed by atoms with Gasteiger partial charge < -0.3 is 9.32 Å². The van der Waals surface area contributed by atoms with Crippen molar-refractivity contribution in [3.05, 3.63) is 71.5 Å². The molecule has 4 rings (SSSR count). The molecule has 1 fully saturated rings. The Kier molecular flexibility index (Phi) is 4.75. The van der Waals surface area contributed by atoms with Crippen molar-refractivity contribution in [2.45, 2.75) is 31.7 Å². The largest absolute Gasteiger partial charge is 0.443 e. The van der Waals surface area contributed by atoms with Gasteiger partial charge in [-0.3, -0.25) is 9.48 Å². The second-order valence-corrected chi connectivity index (χ2v) is 6.82. The average Bonchev–Trinajstić information content (AvgIpc) is 3.30. The molecule has 1 saturated heterocycles. The third kappa shape index (κ3) is 3.63. The molecule has 0 saturated carbocycles. The SMILES string of the molecule is Cn1nccc1C(=O)N1CCCCC1c1ncc(Cc2cccc(F)c2)o1. The summed E-state index contributed by atoms with van der Waals surface area (Å²) < 4.78 is 20.9. The molecule has 7 heteroatoms. The Morgan fingerprint density at radius 2 is 2.22 bits per heavy atom. The molecule has 1 amide bonds. The van der Waals surface area contributed by atoms with Crippen molar-refractivity contribution in [1.29, 1.82) is 0 Å². The van der Waals surface area contributed by atoms with Gasteiger partial charge in [-0.05, 0) is 43.0 Å². The van der Waals surface area contributed by atoms with E-state index >= 15 is 0 Å². The fourth-order valence-corrected chi connectivity index (χ4v) is 3.57. The number of amides is 1. The lowest BCUT2D eigenvalue weighted by Crippen LogP contribution is -2.39. The molecule has 1 aliphatic rings. The summed E-state index contributed by atoms with van der Waals surface area (Å²) in [7, 11) is 1.76. The number of oxazole rings is 1. The normalized spacial score (nSPS) is 17.3. The van der Waals surface area contributed by atoms with Crippen molar-refractivity contribution in [3.8, 4) is 0 Å². The van der Waals surface area contributed by atoms with Crippen molar-refractivity contribution in [1.82, 2.24) is 19.7 Å². The van der Waals surface area contributed by atoms with E-state index in [0.29, 0.717) is 30.3 Å². The van der Waals surface area contributed by atoms with Crippen molar-refractivity contribution < 1.29 is 13.6 Å². The molecule has 0 N–H and O–H groups in total. The highest BCUT2D eigenvalue weighted by Crippen LogP contribution is 2.32. The van der Waals surface area contributed by atoms with E-state index in [2.05, 4.69) is 10.1 Å². The van der Waals surface area contributed by atoms with E-state index in [-0.39, 0.29) is 17.8 Å². The maximum atomic E-state index is 13.4. The molecule has 3 aromatic rings. The van der Waals surface area contributed by atoms with Gasteiger partial charge in [-0.25, -0.2) is 9.37 Å². The molecule has 140 valence electrons. The van der Waals surface area contributed by atoms with E-state index in [1.165, 1.54) is 12.1 Å². The fraction of sp³-hybridized carbons (Fsp3) is 0.350. The number of nitrogens with zero attached hydrogens (tertiary/aromatic N) is 4. The average molecular weight is 368 g/mol. The van der Waals surface area contributed by atoms with Gasteiger partial charge in [0.1, 0.15) is 23.3 Å². The summed E-state index contributed by atoms with van der Waals surface area (Å²) in [6.45, 7) is 0.663. The highest BCUT2D eigenvalue weighted by Gasteiger charge is 2.33. The molecule has 1 aromatic carbocycles. The summed E-state index contributed by atoms with van der Waals surface area (Å²) in [5.41, 5.74) is 1.37. The van der Waals surface area contributed by atoms with Gasteiger partial charge >= 0.3 is 0 Å². The molecule has 3 heterocycles. The van der Waals surface area contributed by atoms with Crippen LogP contribution in [0, 0.1) is 5.82 Å². The van der Waals surface area contributed by atoms with Crippen LogP contribution in [0.2, 0.25) is 0 Å². The minimum Gasteiger partial charge on any atom is -0.443 e. The van der Waals surface area contributed by atoms with Crippen molar-refractivity contribution in [3.63, 3.8) is 0 Å². The minimum atomic E-state index is -0.271. The van der Waals surface area contributed by atoms with E-state index in [4.69, 9.17) is 4.42 Å². The molecule has 0 aliphatic carbocycles. The van der Waals surface area contributed by atoms with Gasteiger partial charge in [0.05, 0.1) is 6.20 Å². The van der Waals surface area contributed by atoms with Crippen LogP contribution in [0.15, 0.2) is 47.1 Å².